The highest BCUT2D eigenvalue weighted by Gasteiger charge is 2.44. The number of halogens is 1. The van der Waals surface area contributed by atoms with Crippen molar-refractivity contribution in [1.82, 2.24) is 9.80 Å². The molecule has 2 amide bonds. The van der Waals surface area contributed by atoms with Crippen LogP contribution < -0.4 is 10.2 Å². The molecule has 1 N–H and O–H groups in total. The van der Waals surface area contributed by atoms with Gasteiger partial charge >= 0.3 is 5.97 Å². The van der Waals surface area contributed by atoms with Gasteiger partial charge in [0.15, 0.2) is 5.11 Å². The van der Waals surface area contributed by atoms with Crippen LogP contribution in [-0.2, 0) is 14.3 Å². The van der Waals surface area contributed by atoms with Crippen LogP contribution in [0.4, 0.5) is 11.4 Å². The number of nitrogens with zero attached hydrogens (tertiary/aromatic N) is 3. The molecule has 2 saturated heterocycles. The first-order chi connectivity index (χ1) is 18.3. The number of piperidine rings is 1. The van der Waals surface area contributed by atoms with Crippen molar-refractivity contribution in [3.05, 3.63) is 59.1 Å². The summed E-state index contributed by atoms with van der Waals surface area (Å²) in [6.45, 7) is 7.65. The maximum atomic E-state index is 13.6. The summed E-state index contributed by atoms with van der Waals surface area (Å²) in [6.07, 6.45) is 2.25. The Kier molecular flexibility index (Phi) is 9.35. The van der Waals surface area contributed by atoms with Crippen LogP contribution >= 0.6 is 23.8 Å². The highest BCUT2D eigenvalue weighted by atomic mass is 35.5. The zero-order valence-electron chi connectivity index (χ0n) is 21.7. The molecule has 1 unspecified atom stereocenters. The number of amides is 2. The molecular weight excluding hydrogens is 524 g/mol. The molecular formula is C28H33ClN4O4S. The number of rotatable bonds is 9. The minimum Gasteiger partial charge on any atom is -0.462 e. The maximum absolute atomic E-state index is 13.6. The van der Waals surface area contributed by atoms with Gasteiger partial charge in [0.25, 0.3) is 5.91 Å². The van der Waals surface area contributed by atoms with E-state index < -0.39 is 12.0 Å². The number of benzene rings is 2. The molecule has 0 bridgehead atoms. The Morgan fingerprint density at radius 3 is 2.34 bits per heavy atom. The molecule has 1 atom stereocenters. The van der Waals surface area contributed by atoms with Gasteiger partial charge in [0.05, 0.1) is 24.3 Å². The lowest BCUT2D eigenvalue weighted by Gasteiger charge is -2.32. The molecule has 2 aliphatic heterocycles. The Balaban J connectivity index is 1.47. The second kappa shape index (κ2) is 12.7. The van der Waals surface area contributed by atoms with E-state index in [1.807, 2.05) is 4.90 Å². The molecule has 2 aromatic carbocycles. The van der Waals surface area contributed by atoms with Crippen LogP contribution in [0.1, 0.15) is 43.5 Å². The van der Waals surface area contributed by atoms with E-state index in [4.69, 9.17) is 28.6 Å². The van der Waals surface area contributed by atoms with E-state index in [-0.39, 0.29) is 24.8 Å². The first kappa shape index (κ1) is 28.0. The van der Waals surface area contributed by atoms with Gasteiger partial charge in [-0.25, -0.2) is 4.79 Å². The first-order valence-electron chi connectivity index (χ1n) is 13.0. The quantitative estimate of drug-likeness (QED) is 0.357. The normalized spacial score (nSPS) is 18.7. The largest absolute Gasteiger partial charge is 0.462 e. The molecule has 8 nitrogen and oxygen atoms in total. The van der Waals surface area contributed by atoms with Gasteiger partial charge in [-0.05, 0) is 99.5 Å². The number of carbonyl (C=O) groups excluding carboxylic acids is 3. The molecule has 0 spiro atoms. The van der Waals surface area contributed by atoms with Gasteiger partial charge in [0, 0.05) is 23.8 Å². The summed E-state index contributed by atoms with van der Waals surface area (Å²) in [6, 6.07) is 12.7. The van der Waals surface area contributed by atoms with Crippen LogP contribution in [-0.4, -0.2) is 71.5 Å². The Labute approximate surface area is 233 Å². The minimum atomic E-state index is -0.722. The topological polar surface area (TPSA) is 82.2 Å². The summed E-state index contributed by atoms with van der Waals surface area (Å²) >= 11 is 11.8. The molecule has 2 aromatic rings. The molecule has 0 radical (unpaired) electrons. The van der Waals surface area contributed by atoms with Crippen LogP contribution in [0.5, 0.6) is 0 Å². The van der Waals surface area contributed by atoms with Gasteiger partial charge in [-0.3, -0.25) is 14.5 Å². The zero-order valence-corrected chi connectivity index (χ0v) is 23.3. The SMILES string of the molecule is CCOC(=O)c1ccc(NC(=O)CC2C(=O)N(c3ccc(Cl)cc3)C(=S)N2CCN2CCC(C)CC2)cc1. The van der Waals surface area contributed by atoms with E-state index in [0.717, 1.165) is 38.4 Å². The minimum absolute atomic E-state index is 0.0558. The molecule has 0 aromatic heterocycles. The van der Waals surface area contributed by atoms with Crippen molar-refractivity contribution in [3.63, 3.8) is 0 Å². The number of hydrogen-bond donors (Lipinski definition) is 1. The molecule has 0 saturated carbocycles. The van der Waals surface area contributed by atoms with Gasteiger partial charge in [-0.2, -0.15) is 0 Å². The zero-order chi connectivity index (χ0) is 27.2. The standard InChI is InChI=1S/C28H33ClN4O4S/c1-3-37-27(36)20-4-8-22(9-5-20)30-25(34)18-24-26(35)33(23-10-6-21(29)7-11-23)28(38)32(24)17-16-31-14-12-19(2)13-15-31/h4-11,19,24H,3,12-18H2,1-2H3,(H,30,34). The van der Waals surface area contributed by atoms with Crippen molar-refractivity contribution in [1.29, 1.82) is 0 Å². The Bertz CT molecular complexity index is 1170. The fourth-order valence-corrected chi connectivity index (χ4v) is 5.28. The van der Waals surface area contributed by atoms with E-state index >= 15 is 0 Å². The average molecular weight is 557 g/mol. The Morgan fingerprint density at radius 1 is 1.05 bits per heavy atom. The van der Waals surface area contributed by atoms with Gasteiger partial charge in [-0.15, -0.1) is 0 Å². The number of anilines is 2. The van der Waals surface area contributed by atoms with Crippen molar-refractivity contribution < 1.29 is 19.1 Å². The number of esters is 1. The molecule has 2 aliphatic rings. The third kappa shape index (κ3) is 6.70. The van der Waals surface area contributed by atoms with E-state index in [1.54, 1.807) is 55.5 Å². The molecule has 4 rings (SSSR count). The fraction of sp³-hybridized carbons (Fsp3) is 0.429. The van der Waals surface area contributed by atoms with Crippen LogP contribution in [0.25, 0.3) is 0 Å². The Morgan fingerprint density at radius 2 is 1.71 bits per heavy atom. The lowest BCUT2D eigenvalue weighted by atomic mass is 9.99. The lowest BCUT2D eigenvalue weighted by molar-refractivity contribution is -0.124. The van der Waals surface area contributed by atoms with Crippen LogP contribution in [0.15, 0.2) is 48.5 Å². The predicted molar refractivity (Wildman–Crippen MR) is 153 cm³/mol. The van der Waals surface area contributed by atoms with Crippen molar-refractivity contribution in [2.75, 3.05) is 43.0 Å². The van der Waals surface area contributed by atoms with E-state index in [2.05, 4.69) is 17.1 Å². The number of carbonyl (C=O) groups is 3. The molecule has 0 aliphatic carbocycles. The smallest absolute Gasteiger partial charge is 0.338 e. The Hall–Kier alpha value is -3.01. The van der Waals surface area contributed by atoms with Crippen molar-refractivity contribution in [3.8, 4) is 0 Å². The fourth-order valence-electron chi connectivity index (χ4n) is 4.74. The maximum Gasteiger partial charge on any atom is 0.338 e. The van der Waals surface area contributed by atoms with Gasteiger partial charge in [0.1, 0.15) is 6.04 Å². The summed E-state index contributed by atoms with van der Waals surface area (Å²) < 4.78 is 5.00. The molecule has 202 valence electrons. The highest BCUT2D eigenvalue weighted by Crippen LogP contribution is 2.29. The number of likely N-dealkylation sites (tertiary alicyclic amines) is 1. The summed E-state index contributed by atoms with van der Waals surface area (Å²) in [5.41, 5.74) is 1.55. The first-order valence-corrected chi connectivity index (χ1v) is 13.7. The highest BCUT2D eigenvalue weighted by molar-refractivity contribution is 7.80. The summed E-state index contributed by atoms with van der Waals surface area (Å²) in [7, 11) is 0. The van der Waals surface area contributed by atoms with E-state index in [9.17, 15) is 14.4 Å². The number of hydrogen-bond acceptors (Lipinski definition) is 6. The summed E-state index contributed by atoms with van der Waals surface area (Å²) in [5, 5.41) is 3.79. The third-order valence-electron chi connectivity index (χ3n) is 7.00. The lowest BCUT2D eigenvalue weighted by Crippen LogP contribution is -2.44. The van der Waals surface area contributed by atoms with Gasteiger partial charge in [-0.1, -0.05) is 18.5 Å². The van der Waals surface area contributed by atoms with Crippen molar-refractivity contribution >= 4 is 58.1 Å². The van der Waals surface area contributed by atoms with Gasteiger partial charge in [0.2, 0.25) is 5.91 Å². The van der Waals surface area contributed by atoms with E-state index in [0.29, 0.717) is 33.6 Å². The second-order valence-electron chi connectivity index (χ2n) is 9.72. The predicted octanol–water partition coefficient (Wildman–Crippen LogP) is 4.58. The third-order valence-corrected chi connectivity index (χ3v) is 7.66. The molecule has 2 fully saturated rings. The molecule has 2 heterocycles. The van der Waals surface area contributed by atoms with Crippen molar-refractivity contribution in [2.45, 2.75) is 39.2 Å². The van der Waals surface area contributed by atoms with Crippen molar-refractivity contribution in [2.24, 2.45) is 5.92 Å². The van der Waals surface area contributed by atoms with E-state index in [1.165, 1.54) is 4.90 Å². The molecule has 10 heteroatoms. The van der Waals surface area contributed by atoms with Crippen LogP contribution in [0.3, 0.4) is 0 Å². The monoisotopic (exact) mass is 556 g/mol. The van der Waals surface area contributed by atoms with Crippen LogP contribution in [0, 0.1) is 5.92 Å². The average Bonchev–Trinajstić information content (AvgIpc) is 3.13. The molecule has 38 heavy (non-hydrogen) atoms. The second-order valence-corrected chi connectivity index (χ2v) is 10.5. The number of thiocarbonyl (C=S) groups is 1. The number of nitrogens with one attached hydrogen (secondary N) is 1. The van der Waals surface area contributed by atoms with Crippen LogP contribution in [0.2, 0.25) is 5.02 Å². The van der Waals surface area contributed by atoms with Gasteiger partial charge < -0.3 is 19.9 Å². The summed E-state index contributed by atoms with van der Waals surface area (Å²) in [4.78, 5) is 44.3. The summed E-state index contributed by atoms with van der Waals surface area (Å²) in [5.74, 6) is -0.248. The number of ether oxygens (including phenoxy) is 1.